The molecule has 2 nitrogen and oxygen atoms in total. The molecule has 0 unspecified atom stereocenters. The summed E-state index contributed by atoms with van der Waals surface area (Å²) in [6, 6.07) is 13.0. The van der Waals surface area contributed by atoms with Gasteiger partial charge < -0.3 is 10.1 Å². The Balaban J connectivity index is 2.25. The van der Waals surface area contributed by atoms with E-state index < -0.39 is 0 Å². The van der Waals surface area contributed by atoms with Crippen molar-refractivity contribution in [2.45, 2.75) is 32.9 Å². The van der Waals surface area contributed by atoms with Gasteiger partial charge in [-0.05, 0) is 45.0 Å². The van der Waals surface area contributed by atoms with Crippen molar-refractivity contribution in [3.8, 4) is 11.5 Å². The molecule has 112 valence electrons. The van der Waals surface area contributed by atoms with Gasteiger partial charge in [0.1, 0.15) is 11.5 Å². The molecule has 4 heteroatoms. The predicted molar refractivity (Wildman–Crippen MR) is 89.6 cm³/mol. The van der Waals surface area contributed by atoms with Crippen LogP contribution in [-0.2, 0) is 6.54 Å². The Hall–Kier alpha value is -1.22. The minimum Gasteiger partial charge on any atom is -0.455 e. The molecule has 0 aliphatic carbocycles. The Bertz CT molecular complexity index is 620. The second-order valence-electron chi connectivity index (χ2n) is 5.89. The zero-order valence-corrected chi connectivity index (χ0v) is 13.9. The topological polar surface area (TPSA) is 21.3 Å². The molecular formula is C17H19Cl2NO. The number of ether oxygens (including phenoxy) is 1. The average Bonchev–Trinajstić information content (AvgIpc) is 2.39. The van der Waals surface area contributed by atoms with Crippen molar-refractivity contribution in [2.75, 3.05) is 0 Å². The highest BCUT2D eigenvalue weighted by Crippen LogP contribution is 2.34. The third-order valence-electron chi connectivity index (χ3n) is 2.87. The Morgan fingerprint density at radius 2 is 1.76 bits per heavy atom. The zero-order valence-electron chi connectivity index (χ0n) is 12.4. The van der Waals surface area contributed by atoms with Crippen LogP contribution in [0.3, 0.4) is 0 Å². The van der Waals surface area contributed by atoms with Crippen molar-refractivity contribution in [1.82, 2.24) is 5.32 Å². The van der Waals surface area contributed by atoms with E-state index in [1.54, 1.807) is 6.07 Å². The summed E-state index contributed by atoms with van der Waals surface area (Å²) in [7, 11) is 0. The maximum atomic E-state index is 6.28. The van der Waals surface area contributed by atoms with E-state index in [1.165, 1.54) is 0 Å². The van der Waals surface area contributed by atoms with Crippen molar-refractivity contribution in [3.63, 3.8) is 0 Å². The van der Waals surface area contributed by atoms with Crippen molar-refractivity contribution in [3.05, 3.63) is 58.1 Å². The van der Waals surface area contributed by atoms with Gasteiger partial charge in [0, 0.05) is 22.7 Å². The lowest BCUT2D eigenvalue weighted by molar-refractivity contribution is 0.414. The molecule has 2 aromatic rings. The van der Waals surface area contributed by atoms with Crippen LogP contribution in [0.2, 0.25) is 10.0 Å². The lowest BCUT2D eigenvalue weighted by Gasteiger charge is -2.22. The quantitative estimate of drug-likeness (QED) is 0.782. The SMILES string of the molecule is CC(C)(C)NCc1cccc(Cl)c1Oc1cccc(Cl)c1. The van der Waals surface area contributed by atoms with Gasteiger partial charge in [-0.15, -0.1) is 0 Å². The van der Waals surface area contributed by atoms with E-state index in [0.717, 1.165) is 5.56 Å². The van der Waals surface area contributed by atoms with E-state index in [0.29, 0.717) is 28.1 Å². The summed E-state index contributed by atoms with van der Waals surface area (Å²) in [6.07, 6.45) is 0. The summed E-state index contributed by atoms with van der Waals surface area (Å²) in [4.78, 5) is 0. The lowest BCUT2D eigenvalue weighted by atomic mass is 10.1. The Labute approximate surface area is 136 Å². The molecule has 0 aliphatic rings. The number of rotatable bonds is 4. The first kappa shape index (κ1) is 16.2. The van der Waals surface area contributed by atoms with Crippen LogP contribution in [0.1, 0.15) is 26.3 Å². The fourth-order valence-electron chi connectivity index (χ4n) is 1.82. The molecule has 0 atom stereocenters. The molecule has 0 amide bonds. The van der Waals surface area contributed by atoms with E-state index in [4.69, 9.17) is 27.9 Å². The Morgan fingerprint density at radius 3 is 2.43 bits per heavy atom. The average molecular weight is 324 g/mol. The summed E-state index contributed by atoms with van der Waals surface area (Å²) in [5.41, 5.74) is 1.03. The van der Waals surface area contributed by atoms with E-state index in [9.17, 15) is 0 Å². The maximum Gasteiger partial charge on any atom is 0.150 e. The van der Waals surface area contributed by atoms with Gasteiger partial charge in [0.2, 0.25) is 0 Å². The third kappa shape index (κ3) is 4.92. The molecule has 1 N–H and O–H groups in total. The van der Waals surface area contributed by atoms with E-state index >= 15 is 0 Å². The van der Waals surface area contributed by atoms with Gasteiger partial charge in [-0.25, -0.2) is 0 Å². The van der Waals surface area contributed by atoms with Crippen molar-refractivity contribution in [1.29, 1.82) is 0 Å². The number of hydrogen-bond acceptors (Lipinski definition) is 2. The Kier molecular flexibility index (Phi) is 5.15. The summed E-state index contributed by atoms with van der Waals surface area (Å²) < 4.78 is 5.93. The number of halogens is 2. The fourth-order valence-corrected chi connectivity index (χ4v) is 2.23. The van der Waals surface area contributed by atoms with Crippen LogP contribution in [0, 0.1) is 0 Å². The second kappa shape index (κ2) is 6.69. The summed E-state index contributed by atoms with van der Waals surface area (Å²) >= 11 is 12.3. The number of nitrogens with one attached hydrogen (secondary N) is 1. The summed E-state index contributed by atoms with van der Waals surface area (Å²) in [5.74, 6) is 1.34. The normalized spacial score (nSPS) is 11.5. The van der Waals surface area contributed by atoms with Crippen LogP contribution in [0.15, 0.2) is 42.5 Å². The van der Waals surface area contributed by atoms with Crippen LogP contribution in [0.25, 0.3) is 0 Å². The van der Waals surface area contributed by atoms with Crippen molar-refractivity contribution < 1.29 is 4.74 Å². The third-order valence-corrected chi connectivity index (χ3v) is 3.41. The van der Waals surface area contributed by atoms with Gasteiger partial charge in [-0.1, -0.05) is 41.4 Å². The van der Waals surface area contributed by atoms with Crippen LogP contribution >= 0.6 is 23.2 Å². The standard InChI is InChI=1S/C17H19Cl2NO/c1-17(2,3)20-11-12-6-4-9-15(19)16(12)21-14-8-5-7-13(18)10-14/h4-10,20H,11H2,1-3H3. The minimum atomic E-state index is 0.0235. The van der Waals surface area contributed by atoms with Crippen molar-refractivity contribution in [2.24, 2.45) is 0 Å². The van der Waals surface area contributed by atoms with Gasteiger partial charge in [0.15, 0.2) is 0 Å². The smallest absolute Gasteiger partial charge is 0.150 e. The number of hydrogen-bond donors (Lipinski definition) is 1. The van der Waals surface area contributed by atoms with Crippen LogP contribution in [0.5, 0.6) is 11.5 Å². The number of benzene rings is 2. The molecule has 0 fully saturated rings. The van der Waals surface area contributed by atoms with Gasteiger partial charge in [-0.2, -0.15) is 0 Å². The first-order valence-electron chi connectivity index (χ1n) is 6.81. The highest BCUT2D eigenvalue weighted by Gasteiger charge is 2.13. The van der Waals surface area contributed by atoms with E-state index in [-0.39, 0.29) is 5.54 Å². The van der Waals surface area contributed by atoms with Crippen LogP contribution in [0.4, 0.5) is 0 Å². The molecule has 0 saturated heterocycles. The van der Waals surface area contributed by atoms with Crippen LogP contribution < -0.4 is 10.1 Å². The fraction of sp³-hybridized carbons (Fsp3) is 0.294. The first-order valence-corrected chi connectivity index (χ1v) is 7.56. The molecule has 0 bridgehead atoms. The molecular weight excluding hydrogens is 305 g/mol. The molecule has 0 heterocycles. The predicted octanol–water partition coefficient (Wildman–Crippen LogP) is 5.67. The monoisotopic (exact) mass is 323 g/mol. The highest BCUT2D eigenvalue weighted by atomic mass is 35.5. The molecule has 2 aromatic carbocycles. The molecule has 0 aromatic heterocycles. The zero-order chi connectivity index (χ0) is 15.5. The highest BCUT2D eigenvalue weighted by molar-refractivity contribution is 6.32. The molecule has 0 aliphatic heterocycles. The largest absolute Gasteiger partial charge is 0.455 e. The molecule has 2 rings (SSSR count). The second-order valence-corrected chi connectivity index (χ2v) is 6.73. The van der Waals surface area contributed by atoms with Gasteiger partial charge in [0.05, 0.1) is 5.02 Å². The van der Waals surface area contributed by atoms with Crippen molar-refractivity contribution >= 4 is 23.2 Å². The summed E-state index contributed by atoms with van der Waals surface area (Å²) in [5, 5.41) is 4.66. The molecule has 0 radical (unpaired) electrons. The summed E-state index contributed by atoms with van der Waals surface area (Å²) in [6.45, 7) is 7.04. The van der Waals surface area contributed by atoms with E-state index in [2.05, 4.69) is 26.1 Å². The van der Waals surface area contributed by atoms with Crippen LogP contribution in [-0.4, -0.2) is 5.54 Å². The first-order chi connectivity index (χ1) is 9.85. The Morgan fingerprint density at radius 1 is 1.05 bits per heavy atom. The van der Waals surface area contributed by atoms with Gasteiger partial charge in [0.25, 0.3) is 0 Å². The molecule has 21 heavy (non-hydrogen) atoms. The van der Waals surface area contributed by atoms with Gasteiger partial charge >= 0.3 is 0 Å². The molecule has 0 spiro atoms. The lowest BCUT2D eigenvalue weighted by Crippen LogP contribution is -2.35. The van der Waals surface area contributed by atoms with E-state index in [1.807, 2.05) is 36.4 Å². The molecule has 0 saturated carbocycles. The number of para-hydroxylation sites is 1. The van der Waals surface area contributed by atoms with Gasteiger partial charge in [-0.3, -0.25) is 0 Å². The minimum absolute atomic E-state index is 0.0235. The maximum absolute atomic E-state index is 6.28.